The molecule has 0 bridgehead atoms. The van der Waals surface area contributed by atoms with Crippen LogP contribution in [0.25, 0.3) is 0 Å². The quantitative estimate of drug-likeness (QED) is 0.308. The number of hydrogen-bond donors (Lipinski definition) is 2. The highest BCUT2D eigenvalue weighted by Crippen LogP contribution is 2.29. The van der Waals surface area contributed by atoms with Gasteiger partial charge in [0.1, 0.15) is 17.6 Å². The number of likely N-dealkylation sites (tertiary alicyclic amines) is 1. The Bertz CT molecular complexity index is 871. The number of aliphatic imine (C=N–C) groups is 1. The van der Waals surface area contributed by atoms with Crippen LogP contribution in [0, 0.1) is 11.8 Å². The van der Waals surface area contributed by atoms with E-state index in [0.29, 0.717) is 13.1 Å². The average Bonchev–Trinajstić information content (AvgIpc) is 3.29. The first-order valence-electron chi connectivity index (χ1n) is 12.2. The topological polar surface area (TPSA) is 129 Å². The van der Waals surface area contributed by atoms with Crippen molar-refractivity contribution in [2.45, 2.75) is 84.1 Å². The van der Waals surface area contributed by atoms with E-state index in [0.717, 1.165) is 24.9 Å². The van der Waals surface area contributed by atoms with E-state index >= 15 is 0 Å². The lowest BCUT2D eigenvalue weighted by Gasteiger charge is -2.37. The number of carboxylic acids is 1. The second-order valence-corrected chi connectivity index (χ2v) is 10.3. The van der Waals surface area contributed by atoms with Crippen molar-refractivity contribution in [3.05, 3.63) is 0 Å². The Labute approximate surface area is 215 Å². The number of carbonyl (C=O) groups excluding carboxylic acids is 3. The largest absolute Gasteiger partial charge is 0.481 e. The number of alkyl halides is 3. The van der Waals surface area contributed by atoms with E-state index < -0.39 is 65.7 Å². The summed E-state index contributed by atoms with van der Waals surface area (Å²) in [4.78, 5) is 57.3. The number of hydrogen-bond acceptors (Lipinski definition) is 6. The van der Waals surface area contributed by atoms with Gasteiger partial charge in [-0.1, -0.05) is 27.7 Å². The van der Waals surface area contributed by atoms with Gasteiger partial charge in [-0.2, -0.15) is 13.2 Å². The first kappa shape index (κ1) is 32.2. The van der Waals surface area contributed by atoms with Gasteiger partial charge < -0.3 is 25.0 Å². The summed E-state index contributed by atoms with van der Waals surface area (Å²) in [6, 6.07) is -2.56. The van der Waals surface area contributed by atoms with E-state index in [-0.39, 0.29) is 12.3 Å². The van der Waals surface area contributed by atoms with Crippen LogP contribution in [0.5, 0.6) is 0 Å². The predicted molar refractivity (Wildman–Crippen MR) is 130 cm³/mol. The van der Waals surface area contributed by atoms with Crippen LogP contribution in [-0.4, -0.2) is 95.5 Å². The molecule has 0 spiro atoms. The molecule has 37 heavy (non-hydrogen) atoms. The number of carbonyl (C=O) groups is 4. The molecule has 212 valence electrons. The number of amides is 3. The molecule has 1 aliphatic heterocycles. The predicted octanol–water partition coefficient (Wildman–Crippen LogP) is 2.46. The second-order valence-electron chi connectivity index (χ2n) is 10.3. The first-order chi connectivity index (χ1) is 16.9. The fraction of sp³-hybridized carbons (Fsp3) is 0.792. The zero-order valence-corrected chi connectivity index (χ0v) is 22.5. The summed E-state index contributed by atoms with van der Waals surface area (Å²) >= 11 is 0. The molecule has 1 saturated heterocycles. The van der Waals surface area contributed by atoms with Crippen molar-refractivity contribution in [1.82, 2.24) is 15.1 Å². The standard InChI is InChI=1S/C24H39F3N4O6/c1-14(2)13-23(5,29-21(37-7)24(25,26)27)22(36)30(6)18(15(3)4)19(34)28-16(12-17(32)33)20(35)31-10-8-9-11-31/h14-16,18H,8-13H2,1-7H3,(H,28,34)(H,32,33)/b29-21-/t16-,18?,23-/m0/s1. The van der Waals surface area contributed by atoms with Gasteiger partial charge in [-0.15, -0.1) is 0 Å². The van der Waals surface area contributed by atoms with Crippen LogP contribution in [-0.2, 0) is 23.9 Å². The number of aliphatic carboxylic acids is 1. The highest BCUT2D eigenvalue weighted by atomic mass is 19.4. The molecule has 13 heteroatoms. The van der Waals surface area contributed by atoms with Gasteiger partial charge >= 0.3 is 12.1 Å². The van der Waals surface area contributed by atoms with Crippen LogP contribution in [0.1, 0.15) is 60.3 Å². The summed E-state index contributed by atoms with van der Waals surface area (Å²) in [5.41, 5.74) is -1.91. The minimum Gasteiger partial charge on any atom is -0.481 e. The zero-order chi connectivity index (χ0) is 28.7. The number of carboxylic acid groups (broad SMARTS) is 1. The minimum atomic E-state index is -4.93. The number of ether oxygens (including phenoxy) is 1. The molecule has 1 fully saturated rings. The van der Waals surface area contributed by atoms with E-state index in [4.69, 9.17) is 0 Å². The van der Waals surface area contributed by atoms with Crippen LogP contribution in [0.3, 0.4) is 0 Å². The van der Waals surface area contributed by atoms with Gasteiger partial charge in [0.2, 0.25) is 11.8 Å². The van der Waals surface area contributed by atoms with Crippen LogP contribution in [0.15, 0.2) is 4.99 Å². The molecule has 0 radical (unpaired) electrons. The lowest BCUT2D eigenvalue weighted by atomic mass is 9.88. The summed E-state index contributed by atoms with van der Waals surface area (Å²) in [7, 11) is 2.08. The summed E-state index contributed by atoms with van der Waals surface area (Å²) in [5.74, 6) is -5.80. The maximum Gasteiger partial charge on any atom is 0.468 e. The SMILES string of the molecule is CO/C(=N\[C@@](C)(CC(C)C)C(=O)N(C)C(C(=O)N[C@@H](CC(=O)O)C(=O)N1CCCC1)C(C)C)C(F)(F)F. The Morgan fingerprint density at radius 1 is 1.11 bits per heavy atom. The zero-order valence-electron chi connectivity index (χ0n) is 22.5. The number of nitrogens with zero attached hydrogens (tertiary/aromatic N) is 3. The van der Waals surface area contributed by atoms with Gasteiger partial charge in [-0.3, -0.25) is 19.2 Å². The van der Waals surface area contributed by atoms with E-state index in [1.165, 1.54) is 18.9 Å². The molecular formula is C24H39F3N4O6. The van der Waals surface area contributed by atoms with E-state index in [9.17, 15) is 37.5 Å². The van der Waals surface area contributed by atoms with Gasteiger partial charge in [0, 0.05) is 20.1 Å². The number of likely N-dealkylation sites (N-methyl/N-ethyl adjacent to an activating group) is 1. The Hall–Kier alpha value is -2.86. The van der Waals surface area contributed by atoms with Gasteiger partial charge in [0.25, 0.3) is 11.8 Å². The maximum absolute atomic E-state index is 13.6. The molecule has 0 aromatic rings. The molecule has 3 amide bonds. The van der Waals surface area contributed by atoms with Crippen molar-refractivity contribution < 1.29 is 42.2 Å². The molecule has 0 aromatic heterocycles. The average molecular weight is 537 g/mol. The summed E-state index contributed by atoms with van der Waals surface area (Å²) in [6.07, 6.45) is -4.12. The van der Waals surface area contributed by atoms with Crippen molar-refractivity contribution in [3.63, 3.8) is 0 Å². The monoisotopic (exact) mass is 536 g/mol. The first-order valence-corrected chi connectivity index (χ1v) is 12.2. The number of methoxy groups -OCH3 is 1. The van der Waals surface area contributed by atoms with Crippen molar-refractivity contribution in [2.75, 3.05) is 27.2 Å². The lowest BCUT2D eigenvalue weighted by Crippen LogP contribution is -2.59. The summed E-state index contributed by atoms with van der Waals surface area (Å²) < 4.78 is 44.6. The molecule has 1 unspecified atom stereocenters. The van der Waals surface area contributed by atoms with E-state index in [1.807, 2.05) is 0 Å². The molecule has 0 aliphatic carbocycles. The highest BCUT2D eigenvalue weighted by molar-refractivity contribution is 5.96. The minimum absolute atomic E-state index is 0.0688. The third-order valence-corrected chi connectivity index (χ3v) is 6.10. The molecule has 2 N–H and O–H groups in total. The van der Waals surface area contributed by atoms with Crippen molar-refractivity contribution >= 4 is 29.6 Å². The smallest absolute Gasteiger partial charge is 0.468 e. The number of rotatable bonds is 11. The number of nitrogens with one attached hydrogen (secondary N) is 1. The molecule has 10 nitrogen and oxygen atoms in total. The molecule has 1 aliphatic rings. The highest BCUT2D eigenvalue weighted by Gasteiger charge is 2.46. The van der Waals surface area contributed by atoms with Crippen molar-refractivity contribution in [3.8, 4) is 0 Å². The van der Waals surface area contributed by atoms with Crippen LogP contribution in [0.4, 0.5) is 13.2 Å². The summed E-state index contributed by atoms with van der Waals surface area (Å²) in [6.45, 7) is 8.83. The van der Waals surface area contributed by atoms with E-state index in [2.05, 4.69) is 15.0 Å². The Morgan fingerprint density at radius 2 is 1.65 bits per heavy atom. The molecule has 3 atom stereocenters. The van der Waals surface area contributed by atoms with Crippen LogP contribution >= 0.6 is 0 Å². The Morgan fingerprint density at radius 3 is 2.05 bits per heavy atom. The lowest BCUT2D eigenvalue weighted by molar-refractivity contribution is -0.147. The summed E-state index contributed by atoms with van der Waals surface area (Å²) in [5, 5.41) is 11.8. The molecular weight excluding hydrogens is 497 g/mol. The second kappa shape index (κ2) is 13.1. The Balaban J connectivity index is 3.34. The van der Waals surface area contributed by atoms with E-state index in [1.54, 1.807) is 27.7 Å². The molecule has 1 heterocycles. The van der Waals surface area contributed by atoms with Gasteiger partial charge in [-0.25, -0.2) is 4.99 Å². The Kier molecular flexibility index (Phi) is 11.4. The normalized spacial score (nSPS) is 17.8. The molecule has 0 saturated carbocycles. The fourth-order valence-corrected chi connectivity index (χ4v) is 4.65. The maximum atomic E-state index is 13.6. The van der Waals surface area contributed by atoms with Crippen LogP contribution in [0.2, 0.25) is 0 Å². The number of halogens is 3. The van der Waals surface area contributed by atoms with Gasteiger partial charge in [-0.05, 0) is 38.0 Å². The van der Waals surface area contributed by atoms with Crippen molar-refractivity contribution in [2.24, 2.45) is 16.8 Å². The third kappa shape index (κ3) is 8.89. The third-order valence-electron chi connectivity index (χ3n) is 6.10. The van der Waals surface area contributed by atoms with Gasteiger partial charge in [0.15, 0.2) is 0 Å². The molecule has 1 rings (SSSR count). The van der Waals surface area contributed by atoms with Gasteiger partial charge in [0.05, 0.1) is 13.5 Å². The molecule has 0 aromatic carbocycles. The van der Waals surface area contributed by atoms with Crippen molar-refractivity contribution in [1.29, 1.82) is 0 Å². The van der Waals surface area contributed by atoms with Crippen LogP contribution < -0.4 is 5.32 Å². The fourth-order valence-electron chi connectivity index (χ4n) is 4.65.